The van der Waals surface area contributed by atoms with Crippen molar-refractivity contribution in [1.29, 1.82) is 0 Å². The minimum atomic E-state index is -0.0236. The molecule has 19 heavy (non-hydrogen) atoms. The molecule has 1 fully saturated rings. The molecule has 0 atom stereocenters. The Morgan fingerprint density at radius 1 is 1.37 bits per heavy atom. The van der Waals surface area contributed by atoms with Gasteiger partial charge in [0, 0.05) is 23.8 Å². The van der Waals surface area contributed by atoms with E-state index in [2.05, 4.69) is 19.2 Å². The molecule has 1 N–H and O–H groups in total. The van der Waals surface area contributed by atoms with Crippen molar-refractivity contribution in [2.45, 2.75) is 26.7 Å². The standard InChI is InChI=1S/C15H21ClN2O/c1-11(2)12-6-8-18(9-7-12)15(19)17-14-5-3-4-13(16)10-14/h3-5,10-12H,6-9H2,1-2H3,(H,17,19). The summed E-state index contributed by atoms with van der Waals surface area (Å²) in [6.45, 7) is 6.20. The zero-order valence-corrected chi connectivity index (χ0v) is 12.3. The van der Waals surface area contributed by atoms with E-state index < -0.39 is 0 Å². The quantitative estimate of drug-likeness (QED) is 0.863. The molecule has 1 aromatic rings. The van der Waals surface area contributed by atoms with Crippen molar-refractivity contribution in [3.05, 3.63) is 29.3 Å². The maximum atomic E-state index is 12.1. The summed E-state index contributed by atoms with van der Waals surface area (Å²) >= 11 is 5.90. The first-order valence-electron chi connectivity index (χ1n) is 6.88. The second-order valence-corrected chi connectivity index (χ2v) is 5.95. The number of nitrogens with one attached hydrogen (secondary N) is 1. The van der Waals surface area contributed by atoms with Crippen LogP contribution in [0.4, 0.5) is 10.5 Å². The monoisotopic (exact) mass is 280 g/mol. The van der Waals surface area contributed by atoms with Crippen LogP contribution >= 0.6 is 11.6 Å². The summed E-state index contributed by atoms with van der Waals surface area (Å²) in [5.74, 6) is 1.45. The van der Waals surface area contributed by atoms with E-state index in [1.807, 2.05) is 17.0 Å². The van der Waals surface area contributed by atoms with Gasteiger partial charge in [0.25, 0.3) is 0 Å². The number of rotatable bonds is 2. The molecule has 104 valence electrons. The molecule has 1 aliphatic rings. The Kier molecular flexibility index (Phi) is 4.70. The Bertz CT molecular complexity index is 440. The molecule has 0 saturated carbocycles. The summed E-state index contributed by atoms with van der Waals surface area (Å²) in [6, 6.07) is 7.23. The third kappa shape index (κ3) is 3.87. The Balaban J connectivity index is 1.88. The number of carbonyl (C=O) groups is 1. The number of urea groups is 1. The summed E-state index contributed by atoms with van der Waals surface area (Å²) in [4.78, 5) is 14.0. The average molecular weight is 281 g/mol. The maximum absolute atomic E-state index is 12.1. The van der Waals surface area contributed by atoms with Gasteiger partial charge in [0.1, 0.15) is 0 Å². The lowest BCUT2D eigenvalue weighted by Crippen LogP contribution is -2.41. The number of benzene rings is 1. The molecule has 1 aliphatic heterocycles. The number of carbonyl (C=O) groups excluding carboxylic acids is 1. The molecule has 1 heterocycles. The van der Waals surface area contributed by atoms with Crippen molar-refractivity contribution in [2.75, 3.05) is 18.4 Å². The lowest BCUT2D eigenvalue weighted by molar-refractivity contribution is 0.167. The van der Waals surface area contributed by atoms with Gasteiger partial charge in [-0.3, -0.25) is 0 Å². The van der Waals surface area contributed by atoms with Gasteiger partial charge in [-0.25, -0.2) is 4.79 Å². The molecule has 4 heteroatoms. The molecule has 0 aromatic heterocycles. The van der Waals surface area contributed by atoms with Crippen LogP contribution in [0, 0.1) is 11.8 Å². The second kappa shape index (κ2) is 6.29. The minimum Gasteiger partial charge on any atom is -0.325 e. The van der Waals surface area contributed by atoms with Gasteiger partial charge in [0.15, 0.2) is 0 Å². The van der Waals surface area contributed by atoms with Crippen LogP contribution in [-0.4, -0.2) is 24.0 Å². The average Bonchev–Trinajstić information content (AvgIpc) is 2.39. The van der Waals surface area contributed by atoms with Crippen LogP contribution in [0.1, 0.15) is 26.7 Å². The first-order chi connectivity index (χ1) is 9.06. The molecular weight excluding hydrogens is 260 g/mol. The van der Waals surface area contributed by atoms with E-state index in [4.69, 9.17) is 11.6 Å². The first kappa shape index (κ1) is 14.2. The number of amides is 2. The van der Waals surface area contributed by atoms with E-state index in [-0.39, 0.29) is 6.03 Å². The van der Waals surface area contributed by atoms with Gasteiger partial charge in [-0.05, 0) is 42.9 Å². The largest absolute Gasteiger partial charge is 0.325 e. The van der Waals surface area contributed by atoms with Crippen molar-refractivity contribution < 1.29 is 4.79 Å². The number of piperidine rings is 1. The van der Waals surface area contributed by atoms with Crippen LogP contribution in [0.15, 0.2) is 24.3 Å². The predicted molar refractivity (Wildman–Crippen MR) is 79.6 cm³/mol. The number of anilines is 1. The van der Waals surface area contributed by atoms with Crippen LogP contribution in [0.5, 0.6) is 0 Å². The van der Waals surface area contributed by atoms with Crippen LogP contribution in [0.25, 0.3) is 0 Å². The zero-order chi connectivity index (χ0) is 13.8. The maximum Gasteiger partial charge on any atom is 0.321 e. The lowest BCUT2D eigenvalue weighted by Gasteiger charge is -2.33. The van der Waals surface area contributed by atoms with Crippen molar-refractivity contribution >= 4 is 23.3 Å². The van der Waals surface area contributed by atoms with Crippen molar-refractivity contribution in [2.24, 2.45) is 11.8 Å². The van der Waals surface area contributed by atoms with Gasteiger partial charge in [-0.1, -0.05) is 31.5 Å². The van der Waals surface area contributed by atoms with Crippen LogP contribution in [-0.2, 0) is 0 Å². The SMILES string of the molecule is CC(C)C1CCN(C(=O)Nc2cccc(Cl)c2)CC1. The molecule has 1 saturated heterocycles. The number of hydrogen-bond donors (Lipinski definition) is 1. The van der Waals surface area contributed by atoms with Gasteiger partial charge < -0.3 is 10.2 Å². The molecule has 0 unspecified atom stereocenters. The first-order valence-corrected chi connectivity index (χ1v) is 7.25. The number of likely N-dealkylation sites (tertiary alicyclic amines) is 1. The molecule has 0 spiro atoms. The highest BCUT2D eigenvalue weighted by molar-refractivity contribution is 6.30. The summed E-state index contributed by atoms with van der Waals surface area (Å²) in [5.41, 5.74) is 0.753. The van der Waals surface area contributed by atoms with Gasteiger partial charge in [0.05, 0.1) is 0 Å². The van der Waals surface area contributed by atoms with Gasteiger partial charge in [-0.15, -0.1) is 0 Å². The Morgan fingerprint density at radius 3 is 2.63 bits per heavy atom. The molecular formula is C15H21ClN2O. The van der Waals surface area contributed by atoms with E-state index in [1.54, 1.807) is 12.1 Å². The van der Waals surface area contributed by atoms with E-state index in [9.17, 15) is 4.79 Å². The summed E-state index contributed by atoms with van der Waals surface area (Å²) in [6.07, 6.45) is 2.20. The summed E-state index contributed by atoms with van der Waals surface area (Å²) in [7, 11) is 0. The van der Waals surface area contributed by atoms with Crippen molar-refractivity contribution in [1.82, 2.24) is 4.90 Å². The Labute approximate surface area is 119 Å². The van der Waals surface area contributed by atoms with Gasteiger partial charge >= 0.3 is 6.03 Å². The summed E-state index contributed by atoms with van der Waals surface area (Å²) in [5, 5.41) is 3.53. The number of nitrogens with zero attached hydrogens (tertiary/aromatic N) is 1. The fraction of sp³-hybridized carbons (Fsp3) is 0.533. The third-order valence-corrected chi connectivity index (χ3v) is 4.08. The van der Waals surface area contributed by atoms with Crippen molar-refractivity contribution in [3.63, 3.8) is 0 Å². The molecule has 0 aliphatic carbocycles. The van der Waals surface area contributed by atoms with E-state index in [1.165, 1.54) is 0 Å². The molecule has 0 radical (unpaired) electrons. The predicted octanol–water partition coefficient (Wildman–Crippen LogP) is 4.24. The number of halogens is 1. The van der Waals surface area contributed by atoms with Gasteiger partial charge in [0.2, 0.25) is 0 Å². The normalized spacial score (nSPS) is 16.7. The Hall–Kier alpha value is -1.22. The highest BCUT2D eigenvalue weighted by Crippen LogP contribution is 2.25. The minimum absolute atomic E-state index is 0.0236. The molecule has 2 amide bonds. The van der Waals surface area contributed by atoms with Crippen LogP contribution in [0.3, 0.4) is 0 Å². The molecule has 3 nitrogen and oxygen atoms in total. The highest BCUT2D eigenvalue weighted by Gasteiger charge is 2.24. The van der Waals surface area contributed by atoms with E-state index >= 15 is 0 Å². The topological polar surface area (TPSA) is 32.3 Å². The molecule has 0 bridgehead atoms. The lowest BCUT2D eigenvalue weighted by atomic mass is 9.87. The van der Waals surface area contributed by atoms with Crippen LogP contribution in [0.2, 0.25) is 5.02 Å². The number of hydrogen-bond acceptors (Lipinski definition) is 1. The zero-order valence-electron chi connectivity index (χ0n) is 11.5. The highest BCUT2D eigenvalue weighted by atomic mass is 35.5. The van der Waals surface area contributed by atoms with Gasteiger partial charge in [-0.2, -0.15) is 0 Å². The Morgan fingerprint density at radius 2 is 2.05 bits per heavy atom. The van der Waals surface area contributed by atoms with Crippen LogP contribution < -0.4 is 5.32 Å². The fourth-order valence-electron chi connectivity index (χ4n) is 2.54. The second-order valence-electron chi connectivity index (χ2n) is 5.51. The summed E-state index contributed by atoms with van der Waals surface area (Å²) < 4.78 is 0. The van der Waals surface area contributed by atoms with E-state index in [0.29, 0.717) is 10.9 Å². The van der Waals surface area contributed by atoms with Crippen molar-refractivity contribution in [3.8, 4) is 0 Å². The fourth-order valence-corrected chi connectivity index (χ4v) is 2.73. The third-order valence-electron chi connectivity index (χ3n) is 3.85. The van der Waals surface area contributed by atoms with E-state index in [0.717, 1.165) is 37.5 Å². The molecule has 2 rings (SSSR count). The smallest absolute Gasteiger partial charge is 0.321 e. The molecule has 1 aromatic carbocycles.